The van der Waals surface area contributed by atoms with Crippen molar-refractivity contribution in [2.24, 2.45) is 16.2 Å². The maximum Gasteiger partial charge on any atom is 0.144 e. The van der Waals surface area contributed by atoms with Crippen LogP contribution in [0.3, 0.4) is 0 Å². The zero-order valence-electron chi connectivity index (χ0n) is 13.0. The second-order valence-corrected chi connectivity index (χ2v) is 7.81. The Hall–Kier alpha value is -0.660. The van der Waals surface area contributed by atoms with E-state index in [0.29, 0.717) is 11.6 Å². The molecule has 0 N–H and O–H groups in total. The van der Waals surface area contributed by atoms with Crippen molar-refractivity contribution >= 4 is 11.6 Å². The topological polar surface area (TPSA) is 34.1 Å². The van der Waals surface area contributed by atoms with E-state index in [9.17, 15) is 9.59 Å². The summed E-state index contributed by atoms with van der Waals surface area (Å²) >= 11 is 0. The van der Waals surface area contributed by atoms with Gasteiger partial charge in [-0.15, -0.1) is 0 Å². The van der Waals surface area contributed by atoms with Crippen LogP contribution in [-0.2, 0) is 9.59 Å². The van der Waals surface area contributed by atoms with E-state index in [1.165, 1.54) is 0 Å². The molecule has 0 aliphatic heterocycles. The molecule has 3 aliphatic rings. The fourth-order valence-corrected chi connectivity index (χ4v) is 4.23. The van der Waals surface area contributed by atoms with Gasteiger partial charge in [0.15, 0.2) is 0 Å². The lowest BCUT2D eigenvalue weighted by Gasteiger charge is -2.53. The Labute approximate surface area is 117 Å². The van der Waals surface area contributed by atoms with Gasteiger partial charge >= 0.3 is 0 Å². The van der Waals surface area contributed by atoms with Crippen molar-refractivity contribution in [3.8, 4) is 0 Å². The third kappa shape index (κ3) is 2.39. The van der Waals surface area contributed by atoms with Crippen molar-refractivity contribution < 1.29 is 9.59 Å². The fraction of sp³-hybridized carbons (Fsp3) is 0.882. The van der Waals surface area contributed by atoms with Crippen molar-refractivity contribution in [1.29, 1.82) is 0 Å². The van der Waals surface area contributed by atoms with Crippen LogP contribution in [0.1, 0.15) is 79.1 Å². The van der Waals surface area contributed by atoms with E-state index in [4.69, 9.17) is 0 Å². The smallest absolute Gasteiger partial charge is 0.144 e. The van der Waals surface area contributed by atoms with Gasteiger partial charge in [0.2, 0.25) is 0 Å². The number of ketones is 2. The molecular weight excluding hydrogens is 236 g/mol. The highest BCUT2D eigenvalue weighted by atomic mass is 16.1. The lowest BCUT2D eigenvalue weighted by atomic mass is 9.49. The third-order valence-corrected chi connectivity index (χ3v) is 5.48. The molecule has 0 aromatic carbocycles. The predicted molar refractivity (Wildman–Crippen MR) is 76.9 cm³/mol. The number of hydrogen-bond acceptors (Lipinski definition) is 2. The van der Waals surface area contributed by atoms with Crippen LogP contribution < -0.4 is 0 Å². The van der Waals surface area contributed by atoms with E-state index in [2.05, 4.69) is 6.92 Å². The predicted octanol–water partition coefficient (Wildman–Crippen LogP) is 4.31. The van der Waals surface area contributed by atoms with Crippen molar-refractivity contribution in [1.82, 2.24) is 0 Å². The normalized spacial score (nSPS) is 34.3. The minimum atomic E-state index is -0.245. The average molecular weight is 264 g/mol. The molecule has 0 unspecified atom stereocenters. The maximum absolute atomic E-state index is 12.7. The van der Waals surface area contributed by atoms with Crippen molar-refractivity contribution in [3.63, 3.8) is 0 Å². The van der Waals surface area contributed by atoms with Crippen LogP contribution in [0.2, 0.25) is 0 Å². The summed E-state index contributed by atoms with van der Waals surface area (Å²) in [5.74, 6) is 0.891. The first-order valence-corrected chi connectivity index (χ1v) is 7.84. The largest absolute Gasteiger partial charge is 0.299 e. The van der Waals surface area contributed by atoms with Gasteiger partial charge in [-0.25, -0.2) is 0 Å². The Morgan fingerprint density at radius 3 is 1.68 bits per heavy atom. The van der Waals surface area contributed by atoms with E-state index < -0.39 is 0 Å². The standard InChI is InChI=1S/C17H28O2/c1-5-6-13(18)16-7-10-17(11-8-16,12-9-16)14(19)15(2,3)4/h5-12H2,1-4H3. The molecule has 3 saturated carbocycles. The lowest BCUT2D eigenvalue weighted by Crippen LogP contribution is -2.51. The number of rotatable bonds is 4. The highest BCUT2D eigenvalue weighted by molar-refractivity contribution is 5.91. The van der Waals surface area contributed by atoms with E-state index in [1.54, 1.807) is 0 Å². The molecule has 2 heteroatoms. The fourth-order valence-electron chi connectivity index (χ4n) is 4.23. The Kier molecular flexibility index (Phi) is 3.66. The molecule has 19 heavy (non-hydrogen) atoms. The Morgan fingerprint density at radius 2 is 1.32 bits per heavy atom. The monoisotopic (exact) mass is 264 g/mol. The maximum atomic E-state index is 12.7. The quantitative estimate of drug-likeness (QED) is 0.758. The lowest BCUT2D eigenvalue weighted by molar-refractivity contribution is -0.153. The van der Waals surface area contributed by atoms with Crippen LogP contribution in [0.4, 0.5) is 0 Å². The molecule has 108 valence electrons. The summed E-state index contributed by atoms with van der Waals surface area (Å²) in [7, 11) is 0. The highest BCUT2D eigenvalue weighted by Gasteiger charge is 2.56. The minimum absolute atomic E-state index is 0.0596. The number of carbonyl (C=O) groups is 2. The van der Waals surface area contributed by atoms with Crippen LogP contribution in [0.25, 0.3) is 0 Å². The summed E-state index contributed by atoms with van der Waals surface area (Å²) in [4.78, 5) is 25.1. The molecule has 0 aromatic heterocycles. The zero-order chi connectivity index (χ0) is 14.3. The summed E-state index contributed by atoms with van der Waals surface area (Å²) in [5, 5.41) is 0. The molecule has 3 aliphatic carbocycles. The van der Waals surface area contributed by atoms with E-state index in [1.807, 2.05) is 20.8 Å². The molecule has 0 saturated heterocycles. The Balaban J connectivity index is 2.13. The van der Waals surface area contributed by atoms with Crippen LogP contribution in [0.5, 0.6) is 0 Å². The summed E-state index contributed by atoms with van der Waals surface area (Å²) in [6.45, 7) is 8.17. The van der Waals surface area contributed by atoms with E-state index in [0.717, 1.165) is 51.4 Å². The first-order chi connectivity index (χ1) is 8.76. The third-order valence-electron chi connectivity index (χ3n) is 5.48. The number of carbonyl (C=O) groups excluding carboxylic acids is 2. The first-order valence-electron chi connectivity index (χ1n) is 7.84. The van der Waals surface area contributed by atoms with Gasteiger partial charge in [0.05, 0.1) is 0 Å². The zero-order valence-corrected chi connectivity index (χ0v) is 13.0. The summed E-state index contributed by atoms with van der Waals surface area (Å²) in [6, 6.07) is 0. The van der Waals surface area contributed by atoms with Gasteiger partial charge in [-0.3, -0.25) is 9.59 Å². The van der Waals surface area contributed by atoms with Gasteiger partial charge in [0.25, 0.3) is 0 Å². The molecule has 0 radical (unpaired) electrons. The summed E-state index contributed by atoms with van der Waals surface area (Å²) in [6.07, 6.45) is 7.36. The van der Waals surface area contributed by atoms with Crippen LogP contribution >= 0.6 is 0 Å². The first kappa shape index (κ1) is 14.7. The average Bonchev–Trinajstić information content (AvgIpc) is 2.39. The van der Waals surface area contributed by atoms with Gasteiger partial charge < -0.3 is 0 Å². The van der Waals surface area contributed by atoms with E-state index in [-0.39, 0.29) is 16.2 Å². The Morgan fingerprint density at radius 1 is 0.895 bits per heavy atom. The molecule has 0 heterocycles. The highest BCUT2D eigenvalue weighted by Crippen LogP contribution is 2.59. The van der Waals surface area contributed by atoms with Crippen LogP contribution in [0.15, 0.2) is 0 Å². The van der Waals surface area contributed by atoms with Crippen molar-refractivity contribution in [2.45, 2.75) is 79.1 Å². The van der Waals surface area contributed by atoms with Crippen molar-refractivity contribution in [2.75, 3.05) is 0 Å². The molecule has 3 fully saturated rings. The molecule has 3 rings (SSSR count). The molecule has 2 bridgehead atoms. The van der Waals surface area contributed by atoms with Gasteiger partial charge in [-0.2, -0.15) is 0 Å². The minimum Gasteiger partial charge on any atom is -0.299 e. The Bertz CT molecular complexity index is 362. The molecule has 2 nitrogen and oxygen atoms in total. The van der Waals surface area contributed by atoms with Gasteiger partial charge in [0, 0.05) is 22.7 Å². The summed E-state index contributed by atoms with van der Waals surface area (Å²) < 4.78 is 0. The molecule has 0 amide bonds. The molecule has 0 spiro atoms. The second-order valence-electron chi connectivity index (χ2n) is 7.81. The molecular formula is C17H28O2. The SMILES string of the molecule is CCCC(=O)C12CCC(C(=O)C(C)(C)C)(CC1)CC2. The second kappa shape index (κ2) is 4.71. The van der Waals surface area contributed by atoms with Crippen molar-refractivity contribution in [3.05, 3.63) is 0 Å². The van der Waals surface area contributed by atoms with E-state index >= 15 is 0 Å². The van der Waals surface area contributed by atoms with Gasteiger partial charge in [-0.05, 0) is 44.9 Å². The van der Waals surface area contributed by atoms with Gasteiger partial charge in [-0.1, -0.05) is 27.7 Å². The molecule has 0 aromatic rings. The number of hydrogen-bond donors (Lipinski definition) is 0. The number of fused-ring (bicyclic) bond motifs is 3. The number of Topliss-reactive ketones (excluding diaryl/α,β-unsaturated/α-hetero) is 2. The summed E-state index contributed by atoms with van der Waals surface area (Å²) in [5.41, 5.74) is -0.410. The van der Waals surface area contributed by atoms with Crippen LogP contribution in [0, 0.1) is 16.2 Å². The van der Waals surface area contributed by atoms with Crippen LogP contribution in [-0.4, -0.2) is 11.6 Å². The van der Waals surface area contributed by atoms with Gasteiger partial charge in [0.1, 0.15) is 11.6 Å². The molecule has 0 atom stereocenters.